The van der Waals surface area contributed by atoms with Crippen LogP contribution in [-0.4, -0.2) is 45.4 Å². The molecule has 3 heterocycles. The zero-order valence-corrected chi connectivity index (χ0v) is 17.9. The van der Waals surface area contributed by atoms with E-state index in [1.165, 1.54) is 0 Å². The minimum absolute atomic E-state index is 0.222. The van der Waals surface area contributed by atoms with Gasteiger partial charge in [0.15, 0.2) is 12.0 Å². The fraction of sp³-hybridized carbons (Fsp3) is 0.238. The summed E-state index contributed by atoms with van der Waals surface area (Å²) >= 11 is 0. The summed E-state index contributed by atoms with van der Waals surface area (Å²) in [5.41, 5.74) is 7.10. The van der Waals surface area contributed by atoms with Crippen LogP contribution >= 0.6 is 0 Å². The Bertz CT molecular complexity index is 1250. The number of rotatable bonds is 6. The maximum Gasteiger partial charge on any atom is 0.287 e. The smallest absolute Gasteiger partial charge is 0.287 e. The molecule has 0 bridgehead atoms. The summed E-state index contributed by atoms with van der Waals surface area (Å²) in [7, 11) is 0. The number of nitrogens with two attached hydrogens (primary N) is 1. The second kappa shape index (κ2) is 8.65. The Hall–Kier alpha value is -3.96. The second-order valence-corrected chi connectivity index (χ2v) is 7.41. The van der Waals surface area contributed by atoms with E-state index in [2.05, 4.69) is 42.3 Å². The summed E-state index contributed by atoms with van der Waals surface area (Å²) in [6.45, 7) is 9.37. The number of nitrogens with zero attached hydrogens (tertiary/aromatic N) is 3. The van der Waals surface area contributed by atoms with Gasteiger partial charge in [-0.2, -0.15) is 5.90 Å². The van der Waals surface area contributed by atoms with Crippen LogP contribution in [-0.2, 0) is 9.68 Å². The molecule has 4 rings (SSSR count). The van der Waals surface area contributed by atoms with Gasteiger partial charge in [-0.05, 0) is 32.0 Å². The lowest BCUT2D eigenvalue weighted by Gasteiger charge is -2.06. The number of allylic oxidation sites excluding steroid dienone is 1. The third kappa shape index (κ3) is 4.38. The molecule has 0 spiro atoms. The van der Waals surface area contributed by atoms with Gasteiger partial charge < -0.3 is 25.0 Å². The molecule has 166 valence electrons. The van der Waals surface area contributed by atoms with E-state index in [9.17, 15) is 4.79 Å². The number of aliphatic imine (C=N–C) groups is 2. The van der Waals surface area contributed by atoms with E-state index < -0.39 is 0 Å². The Balaban J connectivity index is 1.55. The van der Waals surface area contributed by atoms with Crippen LogP contribution in [0.5, 0.6) is 0 Å². The number of H-pyrrole nitrogens is 2. The number of nitrogens with one attached hydrogen (secondary N) is 4. The predicted octanol–water partition coefficient (Wildman–Crippen LogP) is 2.05. The summed E-state index contributed by atoms with van der Waals surface area (Å²) in [6, 6.07) is 7.68. The van der Waals surface area contributed by atoms with Crippen LogP contribution in [0, 0.1) is 6.92 Å². The standard InChI is InChI=1S/C21H24N8O3/c1-10(2)24-21(31-22)16-8-14-7-13(5-6-15(14)27-16)18-11(3)25-19(28-18)20(30)23-9-17-26-12(4)32-29-17/h5-8,17,27,29H,1,9,22H2,2-4H3,(H,23,30)(H,25,28). The van der Waals surface area contributed by atoms with Gasteiger partial charge in [0.05, 0.1) is 12.2 Å². The Kier molecular flexibility index (Phi) is 5.75. The van der Waals surface area contributed by atoms with Gasteiger partial charge in [0.2, 0.25) is 5.90 Å². The molecular formula is C21H24N8O3. The number of hydrogen-bond acceptors (Lipinski definition) is 8. The van der Waals surface area contributed by atoms with E-state index in [-0.39, 0.29) is 30.3 Å². The number of carbonyl (C=O) groups is 1. The van der Waals surface area contributed by atoms with Crippen LogP contribution in [0.3, 0.4) is 0 Å². The fourth-order valence-electron chi connectivity index (χ4n) is 3.35. The number of carbonyl (C=O) groups excluding carboxylic acids is 1. The first-order valence-electron chi connectivity index (χ1n) is 9.90. The topological polar surface area (TPSA) is 155 Å². The molecule has 0 saturated heterocycles. The van der Waals surface area contributed by atoms with Gasteiger partial charge in [0.1, 0.15) is 5.69 Å². The molecule has 1 aliphatic heterocycles. The number of hydroxylamine groups is 1. The van der Waals surface area contributed by atoms with Crippen LogP contribution in [0.15, 0.2) is 46.5 Å². The van der Waals surface area contributed by atoms with E-state index in [0.717, 1.165) is 22.2 Å². The number of aromatic nitrogens is 3. The molecule has 0 aliphatic carbocycles. The van der Waals surface area contributed by atoms with E-state index in [0.29, 0.717) is 23.0 Å². The number of hydrogen-bond donors (Lipinski definition) is 5. The summed E-state index contributed by atoms with van der Waals surface area (Å²) in [4.78, 5) is 41.6. The van der Waals surface area contributed by atoms with Crippen LogP contribution < -0.4 is 16.7 Å². The lowest BCUT2D eigenvalue weighted by Crippen LogP contribution is -2.37. The molecule has 0 saturated carbocycles. The van der Waals surface area contributed by atoms with Crippen molar-refractivity contribution in [3.8, 4) is 11.3 Å². The highest BCUT2D eigenvalue weighted by atomic mass is 16.7. The molecule has 1 atom stereocenters. The normalized spacial score (nSPS) is 16.1. The monoisotopic (exact) mass is 436 g/mol. The Morgan fingerprint density at radius 3 is 2.84 bits per heavy atom. The van der Waals surface area contributed by atoms with E-state index >= 15 is 0 Å². The lowest BCUT2D eigenvalue weighted by molar-refractivity contribution is 0.0931. The van der Waals surface area contributed by atoms with E-state index in [1.807, 2.05) is 31.2 Å². The number of aromatic amines is 2. The summed E-state index contributed by atoms with van der Waals surface area (Å²) in [5.74, 6) is 6.02. The van der Waals surface area contributed by atoms with E-state index in [4.69, 9.17) is 15.6 Å². The van der Waals surface area contributed by atoms with Gasteiger partial charge >= 0.3 is 0 Å². The number of benzene rings is 1. The lowest BCUT2D eigenvalue weighted by atomic mass is 10.1. The van der Waals surface area contributed by atoms with Crippen molar-refractivity contribution < 1.29 is 14.5 Å². The minimum atomic E-state index is -0.327. The first-order valence-corrected chi connectivity index (χ1v) is 9.90. The van der Waals surface area contributed by atoms with Crippen molar-refractivity contribution in [2.24, 2.45) is 15.9 Å². The number of fused-ring (bicyclic) bond motifs is 1. The van der Waals surface area contributed by atoms with Crippen molar-refractivity contribution in [1.82, 2.24) is 25.7 Å². The maximum absolute atomic E-state index is 12.5. The molecule has 2 aromatic heterocycles. The van der Waals surface area contributed by atoms with Crippen LogP contribution in [0.2, 0.25) is 0 Å². The molecule has 0 radical (unpaired) electrons. The van der Waals surface area contributed by atoms with Crippen molar-refractivity contribution >= 4 is 28.6 Å². The number of imidazole rings is 1. The molecule has 1 aliphatic rings. The highest BCUT2D eigenvalue weighted by Gasteiger charge is 2.19. The van der Waals surface area contributed by atoms with Crippen LogP contribution in [0.4, 0.5) is 0 Å². The number of amides is 1. The second-order valence-electron chi connectivity index (χ2n) is 7.41. The highest BCUT2D eigenvalue weighted by molar-refractivity contribution is 5.99. The van der Waals surface area contributed by atoms with E-state index in [1.54, 1.807) is 13.8 Å². The zero-order chi connectivity index (χ0) is 22.8. The summed E-state index contributed by atoms with van der Waals surface area (Å²) in [6.07, 6.45) is -0.324. The van der Waals surface area contributed by atoms with Gasteiger partial charge in [0.25, 0.3) is 11.8 Å². The quantitative estimate of drug-likeness (QED) is 0.226. The van der Waals surface area contributed by atoms with Crippen molar-refractivity contribution in [2.45, 2.75) is 26.9 Å². The molecule has 0 fully saturated rings. The molecule has 1 aromatic carbocycles. The summed E-state index contributed by atoms with van der Waals surface area (Å²) in [5, 5.41) is 3.70. The third-order valence-electron chi connectivity index (χ3n) is 4.76. The average Bonchev–Trinajstić information content (AvgIpc) is 3.47. The first-order chi connectivity index (χ1) is 15.3. The van der Waals surface area contributed by atoms with Gasteiger partial charge in [-0.3, -0.25) is 4.79 Å². The van der Waals surface area contributed by atoms with Crippen molar-refractivity contribution in [3.05, 3.63) is 53.8 Å². The van der Waals surface area contributed by atoms with Crippen molar-refractivity contribution in [3.63, 3.8) is 0 Å². The van der Waals surface area contributed by atoms with Crippen LogP contribution in [0.25, 0.3) is 22.2 Å². The van der Waals surface area contributed by atoms with Gasteiger partial charge in [-0.25, -0.2) is 15.0 Å². The molecule has 11 nitrogen and oxygen atoms in total. The predicted molar refractivity (Wildman–Crippen MR) is 121 cm³/mol. The van der Waals surface area contributed by atoms with Gasteiger partial charge in [-0.15, -0.1) is 5.48 Å². The molecule has 3 aromatic rings. The molecule has 11 heteroatoms. The first kappa shape index (κ1) is 21.3. The molecule has 6 N–H and O–H groups in total. The van der Waals surface area contributed by atoms with Crippen LogP contribution in [0.1, 0.15) is 35.9 Å². The summed E-state index contributed by atoms with van der Waals surface area (Å²) < 4.78 is 0. The Labute approximate surface area is 183 Å². The highest BCUT2D eigenvalue weighted by Crippen LogP contribution is 2.26. The Morgan fingerprint density at radius 1 is 1.34 bits per heavy atom. The van der Waals surface area contributed by atoms with Gasteiger partial charge in [0, 0.05) is 34.8 Å². The minimum Gasteiger partial charge on any atom is -0.392 e. The van der Waals surface area contributed by atoms with Crippen molar-refractivity contribution in [2.75, 3.05) is 6.54 Å². The largest absolute Gasteiger partial charge is 0.392 e. The molecule has 1 unspecified atom stereocenters. The van der Waals surface area contributed by atoms with Crippen molar-refractivity contribution in [1.29, 1.82) is 0 Å². The zero-order valence-electron chi connectivity index (χ0n) is 17.9. The number of aryl methyl sites for hydroxylation is 1. The van der Waals surface area contributed by atoms with Gasteiger partial charge in [-0.1, -0.05) is 12.6 Å². The Morgan fingerprint density at radius 2 is 2.16 bits per heavy atom. The third-order valence-corrected chi connectivity index (χ3v) is 4.76. The molecular weight excluding hydrogens is 412 g/mol. The average molecular weight is 436 g/mol. The molecule has 32 heavy (non-hydrogen) atoms. The maximum atomic E-state index is 12.5. The fourth-order valence-corrected chi connectivity index (χ4v) is 3.35. The SMILES string of the molecule is C=C(C)N=C(ON)c1cc2cc(-c3nc(C(=O)NCC4N=C(C)ON4)[nH]c3C)ccc2[nH]1. The molecule has 1 amide bonds.